The van der Waals surface area contributed by atoms with E-state index in [9.17, 15) is 9.18 Å². The Labute approximate surface area is 130 Å². The maximum atomic E-state index is 13.3. The number of benzene rings is 1. The lowest BCUT2D eigenvalue weighted by atomic mass is 10.3. The zero-order chi connectivity index (χ0) is 15.9. The van der Waals surface area contributed by atoms with Crippen molar-refractivity contribution < 1.29 is 23.4 Å². The molecule has 22 heavy (non-hydrogen) atoms. The smallest absolute Gasteiger partial charge is 0.343 e. The maximum Gasteiger partial charge on any atom is 0.343 e. The van der Waals surface area contributed by atoms with Crippen LogP contribution >= 0.6 is 11.8 Å². The van der Waals surface area contributed by atoms with E-state index >= 15 is 0 Å². The summed E-state index contributed by atoms with van der Waals surface area (Å²) in [6.07, 6.45) is 1.48. The van der Waals surface area contributed by atoms with Gasteiger partial charge in [-0.2, -0.15) is 0 Å². The van der Waals surface area contributed by atoms with Crippen LogP contribution in [0.5, 0.6) is 17.4 Å². The second-order valence-electron chi connectivity index (χ2n) is 4.01. The van der Waals surface area contributed by atoms with Crippen molar-refractivity contribution in [2.24, 2.45) is 0 Å². The van der Waals surface area contributed by atoms with Crippen LogP contribution in [-0.4, -0.2) is 24.7 Å². The number of pyridine rings is 1. The van der Waals surface area contributed by atoms with E-state index in [1.807, 2.05) is 0 Å². The van der Waals surface area contributed by atoms with Crippen LogP contribution in [0.3, 0.4) is 0 Å². The number of hydrogen-bond acceptors (Lipinski definition) is 6. The second kappa shape index (κ2) is 7.46. The highest BCUT2D eigenvalue weighted by Gasteiger charge is 2.11. The van der Waals surface area contributed by atoms with Crippen LogP contribution in [-0.2, 0) is 9.53 Å². The van der Waals surface area contributed by atoms with Crippen molar-refractivity contribution in [1.82, 2.24) is 4.98 Å². The van der Waals surface area contributed by atoms with Gasteiger partial charge in [0.05, 0.1) is 12.8 Å². The van der Waals surface area contributed by atoms with Gasteiger partial charge < -0.3 is 14.2 Å². The molecule has 1 aromatic heterocycles. The number of rotatable bonds is 6. The quantitative estimate of drug-likeness (QED) is 0.649. The van der Waals surface area contributed by atoms with Crippen LogP contribution in [0.1, 0.15) is 0 Å². The molecule has 0 saturated carbocycles. The minimum atomic E-state index is -0.549. The van der Waals surface area contributed by atoms with Crippen molar-refractivity contribution in [3.8, 4) is 17.4 Å². The summed E-state index contributed by atoms with van der Waals surface area (Å²) < 4.78 is 28.6. The largest absolute Gasteiger partial charge is 0.466 e. The molecule has 116 valence electrons. The maximum absolute atomic E-state index is 13.3. The first-order valence-electron chi connectivity index (χ1n) is 6.12. The van der Waals surface area contributed by atoms with Crippen LogP contribution in [0, 0.1) is 5.82 Å². The normalized spacial score (nSPS) is 9.95. The Hall–Kier alpha value is -2.54. The van der Waals surface area contributed by atoms with Crippen molar-refractivity contribution in [2.45, 2.75) is 0 Å². The number of hydrogen-bond donors (Lipinski definition) is 1. The third-order valence-corrected chi connectivity index (χ3v) is 2.76. The molecule has 0 unspecified atom stereocenters. The molecule has 2 aromatic rings. The second-order valence-corrected chi connectivity index (χ2v) is 4.20. The van der Waals surface area contributed by atoms with Crippen LogP contribution in [0.15, 0.2) is 36.5 Å². The number of aromatic nitrogens is 1. The molecule has 0 fully saturated rings. The van der Waals surface area contributed by atoms with E-state index < -0.39 is 11.8 Å². The van der Waals surface area contributed by atoms with Gasteiger partial charge in [-0.3, -0.25) is 4.84 Å². The first-order chi connectivity index (χ1) is 10.6. The average Bonchev–Trinajstić information content (AvgIpc) is 2.55. The summed E-state index contributed by atoms with van der Waals surface area (Å²) in [6, 6.07) is 7.22. The van der Waals surface area contributed by atoms with E-state index in [1.165, 1.54) is 31.5 Å². The van der Waals surface area contributed by atoms with E-state index in [2.05, 4.69) is 14.6 Å². The fraction of sp³-hybridized carbons (Fsp3) is 0.143. The average molecular weight is 327 g/mol. The van der Waals surface area contributed by atoms with Gasteiger partial charge in [0.2, 0.25) is 0 Å². The number of methoxy groups -OCH3 is 1. The van der Waals surface area contributed by atoms with Crippen LogP contribution in [0.25, 0.3) is 0 Å². The first-order valence-corrected chi connectivity index (χ1v) is 6.50. The Morgan fingerprint density at radius 1 is 1.41 bits per heavy atom. The Kier molecular flexibility index (Phi) is 5.37. The van der Waals surface area contributed by atoms with Crippen LogP contribution < -0.4 is 14.3 Å². The lowest BCUT2D eigenvalue weighted by Crippen LogP contribution is -2.13. The number of halogens is 2. The fourth-order valence-electron chi connectivity index (χ4n) is 1.52. The van der Waals surface area contributed by atoms with Crippen molar-refractivity contribution in [3.63, 3.8) is 0 Å². The molecule has 2 rings (SSSR count). The summed E-state index contributed by atoms with van der Waals surface area (Å²) in [5, 5.41) is 0. The molecule has 0 aliphatic carbocycles. The SMILES string of the molecule is COC(=O)COc1ncccc1Oc1ccc(F)c(NCl)c1. The summed E-state index contributed by atoms with van der Waals surface area (Å²) in [5.41, 5.74) is 0.0695. The highest BCUT2D eigenvalue weighted by atomic mass is 35.5. The molecule has 8 heteroatoms. The number of carbonyl (C=O) groups is 1. The van der Waals surface area contributed by atoms with Gasteiger partial charge in [-0.1, -0.05) is 0 Å². The lowest BCUT2D eigenvalue weighted by Gasteiger charge is -2.11. The molecule has 0 atom stereocenters. The van der Waals surface area contributed by atoms with E-state index in [4.69, 9.17) is 21.3 Å². The minimum absolute atomic E-state index is 0.0695. The molecule has 0 saturated heterocycles. The molecule has 0 spiro atoms. The summed E-state index contributed by atoms with van der Waals surface area (Å²) in [4.78, 5) is 17.3. The number of nitrogens with zero attached hydrogens (tertiary/aromatic N) is 1. The molecule has 0 aliphatic heterocycles. The summed E-state index contributed by atoms with van der Waals surface area (Å²) >= 11 is 5.40. The van der Waals surface area contributed by atoms with Crippen molar-refractivity contribution in [1.29, 1.82) is 0 Å². The van der Waals surface area contributed by atoms with Gasteiger partial charge in [-0.25, -0.2) is 14.2 Å². The van der Waals surface area contributed by atoms with E-state index in [0.717, 1.165) is 0 Å². The molecule has 1 heterocycles. The molecular weight excluding hydrogens is 315 g/mol. The topological polar surface area (TPSA) is 69.7 Å². The number of nitrogens with one attached hydrogen (secondary N) is 1. The van der Waals surface area contributed by atoms with Gasteiger partial charge in [0.15, 0.2) is 12.4 Å². The van der Waals surface area contributed by atoms with Crippen molar-refractivity contribution in [3.05, 3.63) is 42.3 Å². The molecule has 1 aromatic carbocycles. The highest BCUT2D eigenvalue weighted by Crippen LogP contribution is 2.31. The van der Waals surface area contributed by atoms with Crippen molar-refractivity contribution >= 4 is 23.4 Å². The van der Waals surface area contributed by atoms with Crippen LogP contribution in [0.2, 0.25) is 0 Å². The van der Waals surface area contributed by atoms with Gasteiger partial charge in [-0.05, 0) is 24.3 Å². The molecule has 0 aliphatic rings. The number of ether oxygens (including phenoxy) is 3. The molecule has 6 nitrogen and oxygen atoms in total. The van der Waals surface area contributed by atoms with E-state index in [1.54, 1.807) is 12.1 Å². The van der Waals surface area contributed by atoms with E-state index in [-0.39, 0.29) is 23.9 Å². The number of carbonyl (C=O) groups excluding carboxylic acids is 1. The Balaban J connectivity index is 2.17. The zero-order valence-electron chi connectivity index (χ0n) is 11.5. The number of anilines is 1. The van der Waals surface area contributed by atoms with Gasteiger partial charge in [0, 0.05) is 24.0 Å². The first kappa shape index (κ1) is 15.8. The molecule has 0 amide bonds. The lowest BCUT2D eigenvalue weighted by molar-refractivity contribution is -0.143. The predicted octanol–water partition coefficient (Wildman–Crippen LogP) is 3.13. The van der Waals surface area contributed by atoms with E-state index in [0.29, 0.717) is 5.75 Å². The fourth-order valence-corrected chi connectivity index (χ4v) is 1.66. The van der Waals surface area contributed by atoms with Gasteiger partial charge in [0.1, 0.15) is 11.6 Å². The van der Waals surface area contributed by atoms with Crippen LogP contribution in [0.4, 0.5) is 10.1 Å². The van der Waals surface area contributed by atoms with Gasteiger partial charge in [0.25, 0.3) is 5.88 Å². The third-order valence-electron chi connectivity index (χ3n) is 2.56. The molecular formula is C14H12ClFN2O4. The summed E-state index contributed by atoms with van der Waals surface area (Å²) in [5.74, 6) is -0.376. The third kappa shape index (κ3) is 3.98. The molecule has 1 N–H and O–H groups in total. The Morgan fingerprint density at radius 2 is 2.23 bits per heavy atom. The summed E-state index contributed by atoms with van der Waals surface area (Å²) in [6.45, 7) is -0.304. The summed E-state index contributed by atoms with van der Waals surface area (Å²) in [7, 11) is 1.25. The molecule has 0 bridgehead atoms. The van der Waals surface area contributed by atoms with Crippen molar-refractivity contribution in [2.75, 3.05) is 18.6 Å². The zero-order valence-corrected chi connectivity index (χ0v) is 12.3. The highest BCUT2D eigenvalue weighted by molar-refractivity contribution is 6.24. The van der Waals surface area contributed by atoms with Gasteiger partial charge >= 0.3 is 5.97 Å². The monoisotopic (exact) mass is 326 g/mol. The minimum Gasteiger partial charge on any atom is -0.466 e. The number of esters is 1. The predicted molar refractivity (Wildman–Crippen MR) is 77.7 cm³/mol. The Morgan fingerprint density at radius 3 is 2.95 bits per heavy atom. The molecule has 0 radical (unpaired) electrons. The Bertz CT molecular complexity index is 669. The van der Waals surface area contributed by atoms with Gasteiger partial charge in [-0.15, -0.1) is 0 Å². The standard InChI is InChI=1S/C14H12ClFN2O4/c1-20-13(19)8-21-14-12(3-2-6-17-14)22-9-4-5-10(16)11(7-9)18-15/h2-7,18H,8H2,1H3.